The molecule has 0 aromatic heterocycles. The first kappa shape index (κ1) is 12.0. The van der Waals surface area contributed by atoms with E-state index >= 15 is 0 Å². The summed E-state index contributed by atoms with van der Waals surface area (Å²) in [6, 6.07) is 0. The van der Waals surface area contributed by atoms with Crippen molar-refractivity contribution in [2.45, 2.75) is 27.2 Å². The van der Waals surface area contributed by atoms with E-state index in [0.29, 0.717) is 12.7 Å². The van der Waals surface area contributed by atoms with Gasteiger partial charge < -0.3 is 15.8 Å². The molecule has 76 valence electrons. The van der Waals surface area contributed by atoms with Crippen LogP contribution in [-0.2, 0) is 4.74 Å². The van der Waals surface area contributed by atoms with Crippen molar-refractivity contribution in [3.63, 3.8) is 0 Å². The number of aliphatic imine (C=N–C) groups is 1. The molecule has 0 aromatic rings. The number of rotatable bonds is 5. The van der Waals surface area contributed by atoms with Crippen LogP contribution < -0.4 is 11.1 Å². The first-order valence-corrected chi connectivity index (χ1v) is 4.48. The van der Waals surface area contributed by atoms with Crippen LogP contribution in [0, 0.1) is 0 Å². The van der Waals surface area contributed by atoms with Gasteiger partial charge in [-0.3, -0.25) is 0 Å². The highest BCUT2D eigenvalue weighted by atomic mass is 16.5. The van der Waals surface area contributed by atoms with Crippen molar-refractivity contribution in [1.29, 1.82) is 0 Å². The third-order valence-electron chi connectivity index (χ3n) is 1.43. The molecule has 0 amide bonds. The van der Waals surface area contributed by atoms with Crippen LogP contribution >= 0.6 is 0 Å². The van der Waals surface area contributed by atoms with Crippen LogP contribution in [-0.4, -0.2) is 19.3 Å². The third kappa shape index (κ3) is 7.33. The molecule has 4 nitrogen and oxygen atoms in total. The molecule has 13 heavy (non-hydrogen) atoms. The van der Waals surface area contributed by atoms with Crippen LogP contribution in [0.2, 0.25) is 0 Å². The Labute approximate surface area is 79.9 Å². The fourth-order valence-corrected chi connectivity index (χ4v) is 0.638. The maximum absolute atomic E-state index is 5.55. The van der Waals surface area contributed by atoms with Gasteiger partial charge in [-0.15, -0.1) is 0 Å². The molecule has 4 heteroatoms. The topological polar surface area (TPSA) is 59.6 Å². The van der Waals surface area contributed by atoms with Gasteiger partial charge >= 0.3 is 0 Å². The highest BCUT2D eigenvalue weighted by Crippen LogP contribution is 1.84. The summed E-state index contributed by atoms with van der Waals surface area (Å²) in [5, 5.41) is 2.92. The fourth-order valence-electron chi connectivity index (χ4n) is 0.638. The minimum Gasteiger partial charge on any atom is -0.370 e. The second kappa shape index (κ2) is 7.61. The SMILES string of the molecule is C/C=C(\C)NC(N)=NCOCCC. The number of nitrogens with zero attached hydrogens (tertiary/aromatic N) is 1. The molecule has 0 radical (unpaired) electrons. The molecular weight excluding hydrogens is 166 g/mol. The average molecular weight is 185 g/mol. The van der Waals surface area contributed by atoms with Crippen molar-refractivity contribution in [3.8, 4) is 0 Å². The molecule has 0 rings (SSSR count). The minimum atomic E-state index is 0.323. The zero-order valence-electron chi connectivity index (χ0n) is 8.63. The van der Waals surface area contributed by atoms with Gasteiger partial charge in [-0.05, 0) is 20.3 Å². The maximum Gasteiger partial charge on any atom is 0.195 e. The number of allylic oxidation sites excluding steroid dienone is 2. The van der Waals surface area contributed by atoms with Crippen LogP contribution in [0.15, 0.2) is 16.8 Å². The van der Waals surface area contributed by atoms with Crippen LogP contribution in [0.25, 0.3) is 0 Å². The molecule has 0 heterocycles. The van der Waals surface area contributed by atoms with Crippen molar-refractivity contribution in [2.24, 2.45) is 10.7 Å². The maximum atomic E-state index is 5.55. The Morgan fingerprint density at radius 3 is 2.85 bits per heavy atom. The zero-order chi connectivity index (χ0) is 10.1. The second-order valence-electron chi connectivity index (χ2n) is 2.68. The number of hydrogen-bond donors (Lipinski definition) is 2. The molecule has 0 saturated heterocycles. The van der Waals surface area contributed by atoms with E-state index in [0.717, 1.165) is 18.7 Å². The van der Waals surface area contributed by atoms with Gasteiger partial charge in [-0.25, -0.2) is 4.99 Å². The highest BCUT2D eigenvalue weighted by molar-refractivity contribution is 5.79. The van der Waals surface area contributed by atoms with Crippen molar-refractivity contribution in [3.05, 3.63) is 11.8 Å². The van der Waals surface area contributed by atoms with Gasteiger partial charge in [0.1, 0.15) is 6.73 Å². The molecule has 0 aliphatic rings. The number of hydrogen-bond acceptors (Lipinski definition) is 2. The van der Waals surface area contributed by atoms with Gasteiger partial charge in [0.25, 0.3) is 0 Å². The summed E-state index contributed by atoms with van der Waals surface area (Å²) in [6.07, 6.45) is 2.92. The summed E-state index contributed by atoms with van der Waals surface area (Å²) in [6.45, 7) is 6.96. The largest absolute Gasteiger partial charge is 0.370 e. The first-order chi connectivity index (χ1) is 6.20. The van der Waals surface area contributed by atoms with E-state index < -0.39 is 0 Å². The standard InChI is InChI=1S/C9H19N3O/c1-4-6-13-7-11-9(10)12-8(3)5-2/h5H,4,6-7H2,1-3H3,(H3,10,11,12)/b8-5+. The lowest BCUT2D eigenvalue weighted by Gasteiger charge is -2.04. The van der Waals surface area contributed by atoms with Crippen molar-refractivity contribution in [2.75, 3.05) is 13.3 Å². The van der Waals surface area contributed by atoms with E-state index in [-0.39, 0.29) is 0 Å². The van der Waals surface area contributed by atoms with E-state index in [4.69, 9.17) is 10.5 Å². The Morgan fingerprint density at radius 1 is 1.62 bits per heavy atom. The minimum absolute atomic E-state index is 0.323. The first-order valence-electron chi connectivity index (χ1n) is 4.48. The summed E-state index contributed by atoms with van der Waals surface area (Å²) >= 11 is 0. The molecule has 0 aromatic carbocycles. The van der Waals surface area contributed by atoms with Crippen LogP contribution in [0.1, 0.15) is 27.2 Å². The van der Waals surface area contributed by atoms with E-state index in [9.17, 15) is 0 Å². The third-order valence-corrected chi connectivity index (χ3v) is 1.43. The van der Waals surface area contributed by atoms with Crippen molar-refractivity contribution in [1.82, 2.24) is 5.32 Å². The van der Waals surface area contributed by atoms with Gasteiger partial charge in [0.05, 0.1) is 0 Å². The lowest BCUT2D eigenvalue weighted by atomic mass is 10.5. The van der Waals surface area contributed by atoms with Crippen LogP contribution in [0.3, 0.4) is 0 Å². The molecule has 0 unspecified atom stereocenters. The van der Waals surface area contributed by atoms with Gasteiger partial charge in [0, 0.05) is 12.3 Å². The van der Waals surface area contributed by atoms with E-state index in [2.05, 4.69) is 17.2 Å². The van der Waals surface area contributed by atoms with Gasteiger partial charge in [0.15, 0.2) is 5.96 Å². The summed E-state index contributed by atoms with van der Waals surface area (Å²) in [5.41, 5.74) is 6.53. The number of nitrogens with one attached hydrogen (secondary N) is 1. The second-order valence-corrected chi connectivity index (χ2v) is 2.68. The number of ether oxygens (including phenoxy) is 1. The Hall–Kier alpha value is -1.03. The molecule has 0 aliphatic heterocycles. The Morgan fingerprint density at radius 2 is 2.31 bits per heavy atom. The molecule has 0 saturated carbocycles. The number of guanidine groups is 1. The summed E-state index contributed by atoms with van der Waals surface area (Å²) in [4.78, 5) is 3.97. The Bertz CT molecular complexity index is 187. The van der Waals surface area contributed by atoms with Gasteiger partial charge in [0.2, 0.25) is 0 Å². The van der Waals surface area contributed by atoms with E-state index in [1.807, 2.05) is 19.9 Å². The smallest absolute Gasteiger partial charge is 0.195 e. The molecule has 0 bridgehead atoms. The molecular formula is C9H19N3O. The summed E-state index contributed by atoms with van der Waals surface area (Å²) in [5.74, 6) is 0.395. The predicted molar refractivity (Wildman–Crippen MR) is 55.3 cm³/mol. The lowest BCUT2D eigenvalue weighted by Crippen LogP contribution is -2.30. The van der Waals surface area contributed by atoms with Gasteiger partial charge in [-0.1, -0.05) is 13.0 Å². The van der Waals surface area contributed by atoms with Crippen LogP contribution in [0.5, 0.6) is 0 Å². The number of nitrogens with two attached hydrogens (primary N) is 1. The summed E-state index contributed by atoms with van der Waals surface area (Å²) in [7, 11) is 0. The molecule has 0 spiro atoms. The van der Waals surface area contributed by atoms with Crippen molar-refractivity contribution >= 4 is 5.96 Å². The monoisotopic (exact) mass is 185 g/mol. The fraction of sp³-hybridized carbons (Fsp3) is 0.667. The Kier molecular flexibility index (Phi) is 7.01. The van der Waals surface area contributed by atoms with Crippen molar-refractivity contribution < 1.29 is 4.74 Å². The van der Waals surface area contributed by atoms with Gasteiger partial charge in [-0.2, -0.15) is 0 Å². The molecule has 0 aliphatic carbocycles. The quantitative estimate of drug-likeness (QED) is 0.384. The Balaban J connectivity index is 3.63. The molecule has 0 atom stereocenters. The highest BCUT2D eigenvalue weighted by Gasteiger charge is 1.90. The lowest BCUT2D eigenvalue weighted by molar-refractivity contribution is 0.143. The van der Waals surface area contributed by atoms with E-state index in [1.54, 1.807) is 0 Å². The zero-order valence-corrected chi connectivity index (χ0v) is 8.63. The molecule has 0 fully saturated rings. The molecule has 3 N–H and O–H groups in total. The predicted octanol–water partition coefficient (Wildman–Crippen LogP) is 1.20. The van der Waals surface area contributed by atoms with Crippen LogP contribution in [0.4, 0.5) is 0 Å². The average Bonchev–Trinajstić information content (AvgIpc) is 2.12. The summed E-state index contributed by atoms with van der Waals surface area (Å²) < 4.78 is 5.14. The normalized spacial score (nSPS) is 13.2. The van der Waals surface area contributed by atoms with E-state index in [1.165, 1.54) is 0 Å².